The molecule has 3 rings (SSSR count). The Morgan fingerprint density at radius 1 is 1.20 bits per heavy atom. The number of hydrogen-bond acceptors (Lipinski definition) is 5. The SMILES string of the molecule is CN[C@@H](C)[C@@H](O)c1ccccc1.Cn1cnc2c1c(=O)[nH]c(=O)n2C. The minimum atomic E-state index is -0.448. The molecule has 2 aromatic heterocycles. The molecule has 8 heteroatoms. The maximum absolute atomic E-state index is 11.3. The molecule has 0 bridgehead atoms. The van der Waals surface area contributed by atoms with Gasteiger partial charge in [-0.05, 0) is 19.5 Å². The number of imidazole rings is 1. The number of likely N-dealkylation sites (N-methyl/N-ethyl adjacent to an activating group) is 1. The molecule has 3 N–H and O–H groups in total. The Morgan fingerprint density at radius 2 is 1.84 bits per heavy atom. The van der Waals surface area contributed by atoms with Gasteiger partial charge in [0.1, 0.15) is 0 Å². The van der Waals surface area contributed by atoms with E-state index in [1.807, 2.05) is 44.3 Å². The lowest BCUT2D eigenvalue weighted by molar-refractivity contribution is 0.140. The van der Waals surface area contributed by atoms with Crippen LogP contribution in [0.5, 0.6) is 0 Å². The normalized spacial score (nSPS) is 13.2. The van der Waals surface area contributed by atoms with Crippen LogP contribution in [0.25, 0.3) is 11.2 Å². The summed E-state index contributed by atoms with van der Waals surface area (Å²) in [6.45, 7) is 1.96. The van der Waals surface area contributed by atoms with E-state index < -0.39 is 17.4 Å². The summed E-state index contributed by atoms with van der Waals surface area (Å²) < 4.78 is 2.88. The third kappa shape index (κ3) is 4.04. The highest BCUT2D eigenvalue weighted by molar-refractivity contribution is 5.69. The first-order chi connectivity index (χ1) is 11.9. The molecule has 2 heterocycles. The molecular weight excluding hydrogens is 322 g/mol. The van der Waals surface area contributed by atoms with Crippen molar-refractivity contribution in [3.8, 4) is 0 Å². The zero-order valence-corrected chi connectivity index (χ0v) is 14.7. The average Bonchev–Trinajstić information content (AvgIpc) is 3.02. The van der Waals surface area contributed by atoms with Gasteiger partial charge in [0, 0.05) is 20.1 Å². The molecule has 134 valence electrons. The zero-order chi connectivity index (χ0) is 18.6. The Balaban J connectivity index is 0.000000181. The topological polar surface area (TPSA) is 105 Å². The third-order valence-electron chi connectivity index (χ3n) is 4.05. The van der Waals surface area contributed by atoms with Crippen molar-refractivity contribution in [1.82, 2.24) is 24.4 Å². The number of aliphatic hydroxyl groups excluding tert-OH is 1. The highest BCUT2D eigenvalue weighted by Crippen LogP contribution is 2.15. The smallest absolute Gasteiger partial charge is 0.329 e. The summed E-state index contributed by atoms with van der Waals surface area (Å²) in [5.74, 6) is 0. The highest BCUT2D eigenvalue weighted by atomic mass is 16.3. The molecule has 25 heavy (non-hydrogen) atoms. The number of rotatable bonds is 3. The molecule has 0 aliphatic carbocycles. The van der Waals surface area contributed by atoms with E-state index >= 15 is 0 Å². The van der Waals surface area contributed by atoms with Crippen LogP contribution in [0.2, 0.25) is 0 Å². The number of hydrogen-bond donors (Lipinski definition) is 3. The molecular formula is C17H23N5O3. The minimum Gasteiger partial charge on any atom is -0.387 e. The molecule has 0 aliphatic rings. The van der Waals surface area contributed by atoms with Gasteiger partial charge in [-0.1, -0.05) is 30.3 Å². The van der Waals surface area contributed by atoms with Crippen molar-refractivity contribution in [3.63, 3.8) is 0 Å². The predicted molar refractivity (Wildman–Crippen MR) is 96.5 cm³/mol. The van der Waals surface area contributed by atoms with Crippen molar-refractivity contribution in [1.29, 1.82) is 0 Å². The Morgan fingerprint density at radius 3 is 2.44 bits per heavy atom. The van der Waals surface area contributed by atoms with Gasteiger partial charge in [0.05, 0.1) is 12.4 Å². The van der Waals surface area contributed by atoms with Crippen molar-refractivity contribution in [2.24, 2.45) is 14.1 Å². The number of nitrogens with zero attached hydrogens (tertiary/aromatic N) is 3. The molecule has 8 nitrogen and oxygen atoms in total. The van der Waals surface area contributed by atoms with Gasteiger partial charge in [-0.2, -0.15) is 0 Å². The summed E-state index contributed by atoms with van der Waals surface area (Å²) in [6.07, 6.45) is 1.08. The van der Waals surface area contributed by atoms with E-state index in [9.17, 15) is 14.7 Å². The van der Waals surface area contributed by atoms with E-state index in [0.717, 1.165) is 5.56 Å². The second-order valence-corrected chi connectivity index (χ2v) is 5.78. The van der Waals surface area contributed by atoms with Gasteiger partial charge in [-0.25, -0.2) is 9.78 Å². The zero-order valence-electron chi connectivity index (χ0n) is 14.7. The van der Waals surface area contributed by atoms with E-state index in [0.29, 0.717) is 11.2 Å². The van der Waals surface area contributed by atoms with E-state index in [1.54, 1.807) is 18.7 Å². The Hall–Kier alpha value is -2.71. The van der Waals surface area contributed by atoms with E-state index in [4.69, 9.17) is 0 Å². The van der Waals surface area contributed by atoms with Crippen LogP contribution in [0, 0.1) is 0 Å². The van der Waals surface area contributed by atoms with Crippen LogP contribution in [0.1, 0.15) is 18.6 Å². The summed E-state index contributed by atoms with van der Waals surface area (Å²) in [5.41, 5.74) is 0.909. The first-order valence-corrected chi connectivity index (χ1v) is 7.87. The van der Waals surface area contributed by atoms with E-state index in [-0.39, 0.29) is 6.04 Å². The van der Waals surface area contributed by atoms with Gasteiger partial charge in [-0.15, -0.1) is 0 Å². The summed E-state index contributed by atoms with van der Waals surface area (Å²) in [4.78, 5) is 28.6. The Kier molecular flexibility index (Phi) is 5.89. The van der Waals surface area contributed by atoms with Crippen molar-refractivity contribution in [2.75, 3.05) is 7.05 Å². The molecule has 0 fully saturated rings. The monoisotopic (exact) mass is 345 g/mol. The summed E-state index contributed by atoms with van der Waals surface area (Å²) >= 11 is 0. The summed E-state index contributed by atoms with van der Waals surface area (Å²) in [5, 5.41) is 12.7. The number of aromatic nitrogens is 4. The van der Waals surface area contributed by atoms with Crippen LogP contribution in [0.15, 0.2) is 46.2 Å². The number of aryl methyl sites for hydroxylation is 2. The standard InChI is InChI=1S/C10H15NO.C7H8N4O2/c1-8(11-2)10(12)9-6-4-3-5-7-9;1-10-3-8-5-4(10)6(12)9-7(13)11(5)2/h3-8,10-12H,1-2H3;3H,1-2H3,(H,9,12,13)/t8-,10+;/m0./s1. The number of benzene rings is 1. The largest absolute Gasteiger partial charge is 0.387 e. The number of fused-ring (bicyclic) bond motifs is 1. The average molecular weight is 345 g/mol. The number of aliphatic hydroxyl groups is 1. The van der Waals surface area contributed by atoms with Crippen LogP contribution in [0.4, 0.5) is 0 Å². The fourth-order valence-electron chi connectivity index (χ4n) is 2.36. The molecule has 1 aromatic carbocycles. The number of aromatic amines is 1. The van der Waals surface area contributed by atoms with Gasteiger partial charge >= 0.3 is 5.69 Å². The van der Waals surface area contributed by atoms with Gasteiger partial charge in [0.15, 0.2) is 11.2 Å². The number of nitrogens with one attached hydrogen (secondary N) is 2. The Labute approximate surface area is 144 Å². The lowest BCUT2D eigenvalue weighted by Gasteiger charge is -2.17. The molecule has 0 aliphatic heterocycles. The fraction of sp³-hybridized carbons (Fsp3) is 0.353. The molecule has 0 radical (unpaired) electrons. The lowest BCUT2D eigenvalue weighted by atomic mass is 10.0. The molecule has 0 unspecified atom stereocenters. The maximum atomic E-state index is 11.3. The quantitative estimate of drug-likeness (QED) is 0.633. The second kappa shape index (κ2) is 7.91. The van der Waals surface area contributed by atoms with Crippen LogP contribution in [-0.2, 0) is 14.1 Å². The van der Waals surface area contributed by atoms with Crippen LogP contribution in [0.3, 0.4) is 0 Å². The van der Waals surface area contributed by atoms with Crippen molar-refractivity contribution in [2.45, 2.75) is 19.1 Å². The molecule has 0 saturated heterocycles. The van der Waals surface area contributed by atoms with E-state index in [1.165, 1.54) is 10.9 Å². The van der Waals surface area contributed by atoms with Gasteiger partial charge in [-0.3, -0.25) is 14.3 Å². The maximum Gasteiger partial charge on any atom is 0.329 e. The minimum absolute atomic E-state index is 0.0902. The molecule has 0 spiro atoms. The Bertz CT molecular complexity index is 942. The summed E-state index contributed by atoms with van der Waals surface area (Å²) in [6, 6.07) is 9.76. The van der Waals surface area contributed by atoms with Gasteiger partial charge in [0.2, 0.25) is 0 Å². The first-order valence-electron chi connectivity index (χ1n) is 7.87. The van der Waals surface area contributed by atoms with E-state index in [2.05, 4.69) is 15.3 Å². The van der Waals surface area contributed by atoms with Crippen LogP contribution in [-0.4, -0.2) is 37.3 Å². The highest BCUT2D eigenvalue weighted by Gasteiger charge is 2.13. The van der Waals surface area contributed by atoms with Crippen molar-refractivity contribution in [3.05, 3.63) is 63.1 Å². The first kappa shape index (κ1) is 18.6. The number of H-pyrrole nitrogens is 1. The summed E-state index contributed by atoms with van der Waals surface area (Å²) in [7, 11) is 5.11. The lowest BCUT2D eigenvalue weighted by Crippen LogP contribution is -2.28. The van der Waals surface area contributed by atoms with Gasteiger partial charge < -0.3 is 15.0 Å². The molecule has 2 atom stereocenters. The third-order valence-corrected chi connectivity index (χ3v) is 4.05. The van der Waals surface area contributed by atoms with Gasteiger partial charge in [0.25, 0.3) is 5.56 Å². The molecule has 3 aromatic rings. The second-order valence-electron chi connectivity index (χ2n) is 5.78. The molecule has 0 saturated carbocycles. The van der Waals surface area contributed by atoms with Crippen molar-refractivity contribution >= 4 is 11.2 Å². The van der Waals surface area contributed by atoms with Crippen LogP contribution < -0.4 is 16.6 Å². The fourth-order valence-corrected chi connectivity index (χ4v) is 2.36. The molecule has 0 amide bonds. The van der Waals surface area contributed by atoms with Crippen molar-refractivity contribution < 1.29 is 5.11 Å². The van der Waals surface area contributed by atoms with Crippen LogP contribution >= 0.6 is 0 Å². The predicted octanol–water partition coefficient (Wildman–Crippen LogP) is 0.288.